The Bertz CT molecular complexity index is 921. The summed E-state index contributed by atoms with van der Waals surface area (Å²) in [5.41, 5.74) is 2.38. The van der Waals surface area contributed by atoms with Crippen LogP contribution in [-0.4, -0.2) is 68.4 Å². The summed E-state index contributed by atoms with van der Waals surface area (Å²) >= 11 is 0. The SMILES string of the molecule is CCNC(=NCCS(=O)(=O)C(C)(C)C)N1CC(CCN2CCCC2=O)c2ccccc21. The summed E-state index contributed by atoms with van der Waals surface area (Å²) in [7, 11) is -3.22. The molecule has 1 N–H and O–H groups in total. The number of amides is 1. The molecule has 1 fully saturated rings. The van der Waals surface area contributed by atoms with Crippen molar-refractivity contribution >= 4 is 27.4 Å². The van der Waals surface area contributed by atoms with Gasteiger partial charge >= 0.3 is 0 Å². The Morgan fingerprint density at radius 3 is 2.65 bits per heavy atom. The molecule has 1 saturated heterocycles. The first-order chi connectivity index (χ1) is 14.6. The summed E-state index contributed by atoms with van der Waals surface area (Å²) in [5.74, 6) is 1.32. The highest BCUT2D eigenvalue weighted by Crippen LogP contribution is 2.38. The van der Waals surface area contributed by atoms with Crippen LogP contribution in [0.1, 0.15) is 58.4 Å². The minimum atomic E-state index is -3.22. The number of guanidine groups is 1. The first-order valence-electron chi connectivity index (χ1n) is 11.3. The van der Waals surface area contributed by atoms with E-state index < -0.39 is 14.6 Å². The number of likely N-dealkylation sites (tertiary alicyclic amines) is 1. The molecule has 2 aliphatic rings. The van der Waals surface area contributed by atoms with E-state index in [4.69, 9.17) is 0 Å². The zero-order valence-electron chi connectivity index (χ0n) is 19.2. The summed E-state index contributed by atoms with van der Waals surface area (Å²) in [4.78, 5) is 20.8. The Hall–Kier alpha value is -2.09. The number of fused-ring (bicyclic) bond motifs is 1. The predicted octanol–water partition coefficient (Wildman–Crippen LogP) is 2.78. The molecule has 172 valence electrons. The maximum Gasteiger partial charge on any atom is 0.222 e. The molecule has 8 heteroatoms. The van der Waals surface area contributed by atoms with Crippen LogP contribution in [0.2, 0.25) is 0 Å². The predicted molar refractivity (Wildman–Crippen MR) is 126 cm³/mol. The van der Waals surface area contributed by atoms with E-state index >= 15 is 0 Å². The van der Waals surface area contributed by atoms with Gasteiger partial charge in [-0.15, -0.1) is 0 Å². The fourth-order valence-corrected chi connectivity index (χ4v) is 5.11. The zero-order chi connectivity index (χ0) is 22.6. The third kappa shape index (κ3) is 5.40. The summed E-state index contributed by atoms with van der Waals surface area (Å²) < 4.78 is 24.2. The molecule has 3 rings (SSSR count). The highest BCUT2D eigenvalue weighted by atomic mass is 32.2. The van der Waals surface area contributed by atoms with Gasteiger partial charge in [0.05, 0.1) is 17.0 Å². The molecule has 2 aliphatic heterocycles. The topological polar surface area (TPSA) is 82.1 Å². The summed E-state index contributed by atoms with van der Waals surface area (Å²) in [6.07, 6.45) is 2.54. The van der Waals surface area contributed by atoms with E-state index in [1.807, 2.05) is 17.9 Å². The number of sulfone groups is 1. The largest absolute Gasteiger partial charge is 0.356 e. The lowest BCUT2D eigenvalue weighted by atomic mass is 9.98. The average molecular weight is 449 g/mol. The minimum Gasteiger partial charge on any atom is -0.356 e. The molecule has 1 amide bonds. The Balaban J connectivity index is 1.74. The first kappa shape index (κ1) is 23.6. The summed E-state index contributed by atoms with van der Waals surface area (Å²) in [6, 6.07) is 8.32. The lowest BCUT2D eigenvalue weighted by Crippen LogP contribution is -2.41. The van der Waals surface area contributed by atoms with E-state index in [0.717, 1.165) is 44.1 Å². The van der Waals surface area contributed by atoms with Crippen LogP contribution < -0.4 is 10.2 Å². The number of nitrogens with one attached hydrogen (secondary N) is 1. The Kier molecular flexibility index (Phi) is 7.29. The summed E-state index contributed by atoms with van der Waals surface area (Å²) in [5, 5.41) is 3.33. The second kappa shape index (κ2) is 9.59. The molecule has 0 spiro atoms. The van der Waals surface area contributed by atoms with Crippen LogP contribution in [0.4, 0.5) is 5.69 Å². The number of anilines is 1. The number of carbonyl (C=O) groups excluding carboxylic acids is 1. The molecule has 1 atom stereocenters. The minimum absolute atomic E-state index is 0.0291. The molecule has 7 nitrogen and oxygen atoms in total. The molecule has 1 aromatic carbocycles. The molecule has 0 radical (unpaired) electrons. The Morgan fingerprint density at radius 2 is 2.00 bits per heavy atom. The van der Waals surface area contributed by atoms with Gasteiger partial charge in [0.15, 0.2) is 15.8 Å². The maximum absolute atomic E-state index is 12.5. The molecular weight excluding hydrogens is 412 g/mol. The van der Waals surface area contributed by atoms with E-state index in [-0.39, 0.29) is 18.2 Å². The van der Waals surface area contributed by atoms with Gasteiger partial charge in [-0.25, -0.2) is 8.42 Å². The standard InChI is InChI=1S/C23H36N4O3S/c1-5-24-22(25-13-16-31(29,30)23(2,3)4)27-17-18(19-9-6-7-10-20(19)27)12-15-26-14-8-11-21(26)28/h6-7,9-10,18H,5,8,11-17H2,1-4H3,(H,24,25). The van der Waals surface area contributed by atoms with Gasteiger partial charge in [-0.2, -0.15) is 0 Å². The number of carbonyl (C=O) groups is 1. The number of aliphatic imine (C=N–C) groups is 1. The van der Waals surface area contributed by atoms with Crippen molar-refractivity contribution in [2.24, 2.45) is 4.99 Å². The van der Waals surface area contributed by atoms with E-state index in [1.54, 1.807) is 20.8 Å². The van der Waals surface area contributed by atoms with Crippen molar-refractivity contribution in [1.29, 1.82) is 0 Å². The molecule has 0 saturated carbocycles. The number of benzene rings is 1. The smallest absolute Gasteiger partial charge is 0.222 e. The number of para-hydroxylation sites is 1. The third-order valence-electron chi connectivity index (χ3n) is 6.13. The molecule has 31 heavy (non-hydrogen) atoms. The number of rotatable bonds is 7. The van der Waals surface area contributed by atoms with Gasteiger partial charge in [-0.3, -0.25) is 9.79 Å². The summed E-state index contributed by atoms with van der Waals surface area (Å²) in [6.45, 7) is 10.5. The lowest BCUT2D eigenvalue weighted by Gasteiger charge is -2.24. The monoisotopic (exact) mass is 448 g/mol. The highest BCUT2D eigenvalue weighted by Gasteiger charge is 2.32. The molecule has 0 aromatic heterocycles. The van der Waals surface area contributed by atoms with Crippen molar-refractivity contribution in [2.75, 3.05) is 43.4 Å². The molecule has 1 aromatic rings. The molecular formula is C23H36N4O3S. The molecule has 0 aliphatic carbocycles. The van der Waals surface area contributed by atoms with Gasteiger partial charge in [0.25, 0.3) is 0 Å². The average Bonchev–Trinajstić information content (AvgIpc) is 3.28. The lowest BCUT2D eigenvalue weighted by molar-refractivity contribution is -0.127. The van der Waals surface area contributed by atoms with Crippen LogP contribution in [0.25, 0.3) is 0 Å². The normalized spacial score (nSPS) is 19.8. The number of nitrogens with zero attached hydrogens (tertiary/aromatic N) is 3. The van der Waals surface area contributed by atoms with E-state index in [2.05, 4.69) is 33.4 Å². The van der Waals surface area contributed by atoms with Crippen LogP contribution in [0.5, 0.6) is 0 Å². The first-order valence-corrected chi connectivity index (χ1v) is 12.9. The van der Waals surface area contributed by atoms with Crippen LogP contribution >= 0.6 is 0 Å². The van der Waals surface area contributed by atoms with Gasteiger partial charge in [0.2, 0.25) is 5.91 Å². The fourth-order valence-electron chi connectivity index (χ4n) is 4.17. The van der Waals surface area contributed by atoms with Crippen molar-refractivity contribution in [3.63, 3.8) is 0 Å². The zero-order valence-corrected chi connectivity index (χ0v) is 20.0. The van der Waals surface area contributed by atoms with Crippen LogP contribution in [0.3, 0.4) is 0 Å². The number of hydrogen-bond acceptors (Lipinski definition) is 4. The van der Waals surface area contributed by atoms with E-state index in [0.29, 0.717) is 18.9 Å². The quantitative estimate of drug-likeness (QED) is 0.512. The van der Waals surface area contributed by atoms with Gasteiger partial charge in [-0.05, 0) is 52.2 Å². The molecule has 0 bridgehead atoms. The van der Waals surface area contributed by atoms with Crippen LogP contribution in [0, 0.1) is 0 Å². The van der Waals surface area contributed by atoms with Crippen molar-refractivity contribution in [1.82, 2.24) is 10.2 Å². The highest BCUT2D eigenvalue weighted by molar-refractivity contribution is 7.92. The maximum atomic E-state index is 12.5. The van der Waals surface area contributed by atoms with E-state index in [1.165, 1.54) is 5.56 Å². The van der Waals surface area contributed by atoms with Crippen molar-refractivity contribution in [2.45, 2.75) is 57.6 Å². The molecule has 1 unspecified atom stereocenters. The second-order valence-electron chi connectivity index (χ2n) is 9.31. The third-order valence-corrected chi connectivity index (χ3v) is 8.72. The number of hydrogen-bond donors (Lipinski definition) is 1. The van der Waals surface area contributed by atoms with Crippen LogP contribution in [0.15, 0.2) is 29.3 Å². The van der Waals surface area contributed by atoms with Gasteiger partial charge in [0.1, 0.15) is 0 Å². The van der Waals surface area contributed by atoms with Crippen LogP contribution in [-0.2, 0) is 14.6 Å². The van der Waals surface area contributed by atoms with E-state index in [9.17, 15) is 13.2 Å². The Morgan fingerprint density at radius 1 is 1.26 bits per heavy atom. The van der Waals surface area contributed by atoms with Gasteiger partial charge in [0, 0.05) is 44.2 Å². The second-order valence-corrected chi connectivity index (χ2v) is 12.2. The van der Waals surface area contributed by atoms with Gasteiger partial charge in [-0.1, -0.05) is 18.2 Å². The fraction of sp³-hybridized carbons (Fsp3) is 0.652. The van der Waals surface area contributed by atoms with Crippen molar-refractivity contribution in [3.8, 4) is 0 Å². The van der Waals surface area contributed by atoms with Crippen molar-refractivity contribution < 1.29 is 13.2 Å². The Labute approximate surface area is 186 Å². The van der Waals surface area contributed by atoms with Crippen molar-refractivity contribution in [3.05, 3.63) is 29.8 Å². The molecule has 2 heterocycles. The van der Waals surface area contributed by atoms with Gasteiger partial charge < -0.3 is 15.1 Å².